The highest BCUT2D eigenvalue weighted by Crippen LogP contribution is 2.35. The maximum absolute atomic E-state index is 12.5. The Bertz CT molecular complexity index is 1010. The summed E-state index contributed by atoms with van der Waals surface area (Å²) in [5.41, 5.74) is 0. The molecule has 4 heterocycles. The average molecular weight is 692 g/mol. The fourth-order valence-electron chi connectivity index (χ4n) is 5.87. The van der Waals surface area contributed by atoms with E-state index < -0.39 is 148 Å². The van der Waals surface area contributed by atoms with Gasteiger partial charge in [-0.15, -0.1) is 0 Å². The Labute approximate surface area is 267 Å². The van der Waals surface area contributed by atoms with Gasteiger partial charge in [0.2, 0.25) is 5.91 Å². The Kier molecular flexibility index (Phi) is 13.2. The van der Waals surface area contributed by atoms with Crippen molar-refractivity contribution in [2.75, 3.05) is 19.8 Å². The average Bonchev–Trinajstić information content (AvgIpc) is 3.04. The number of carbonyl (C=O) groups is 1. The minimum absolute atomic E-state index is 0.759. The highest BCUT2D eigenvalue weighted by molar-refractivity contribution is 5.73. The summed E-state index contributed by atoms with van der Waals surface area (Å²) in [6, 6.07) is -1.60. The van der Waals surface area contributed by atoms with Gasteiger partial charge in [-0.2, -0.15) is 0 Å². The molecule has 21 nitrogen and oxygen atoms in total. The Morgan fingerprint density at radius 1 is 0.553 bits per heavy atom. The second-order valence-electron chi connectivity index (χ2n) is 11.9. The Hall–Kier alpha value is -1.29. The van der Waals surface area contributed by atoms with Crippen LogP contribution in [0.2, 0.25) is 0 Å². The van der Waals surface area contributed by atoms with E-state index in [2.05, 4.69) is 5.32 Å². The standard InChI is InChI=1S/C26H45NO20/c1-6-12(32)15(35)18(38)25(41-6)46-21-11(27-7(2)31)24(47-22-17(37)14(34)8(3-28)42-23(22)40)44-10(5-30)20(21)45-26-19(39)16(36)13(33)9(4-29)43-26/h6,8-26,28-30,32-40H,3-5H2,1-2H3,(H,27,31)/t6-,8+,9+,10+,11+,12+,13-,14+,15+,16-,17-,18-,19+,20+,21+,22-,23?,24-,25-,26-/m0/s1. The molecular formula is C26H45NO20. The smallest absolute Gasteiger partial charge is 0.217 e. The van der Waals surface area contributed by atoms with Gasteiger partial charge in [0.1, 0.15) is 91.5 Å². The lowest BCUT2D eigenvalue weighted by atomic mass is 9.94. The molecule has 0 spiro atoms. The molecule has 0 aliphatic carbocycles. The third-order valence-corrected chi connectivity index (χ3v) is 8.57. The van der Waals surface area contributed by atoms with Crippen molar-refractivity contribution in [1.29, 1.82) is 0 Å². The van der Waals surface area contributed by atoms with Crippen LogP contribution in [0.5, 0.6) is 0 Å². The largest absolute Gasteiger partial charge is 0.394 e. The SMILES string of the molecule is CC(=O)N[C@H]1[C@H](O[C@@H]2C(O)O[C@H](CO)[C@@H](O)[C@@H]2O)O[C@H](CO)[C@@H](O[C@@H]2O[C@H](CO)[C@H](O)[C@H](O)[C@H]2O)[C@@H]1O[C@@H]1O[C@@H](C)[C@@H](O)[C@@H](O)[C@@H]1O. The normalized spacial score (nSPS) is 51.0. The van der Waals surface area contributed by atoms with Crippen molar-refractivity contribution in [2.24, 2.45) is 0 Å². The molecule has 13 N–H and O–H groups in total. The van der Waals surface area contributed by atoms with Gasteiger partial charge in [-0.1, -0.05) is 0 Å². The molecule has 1 unspecified atom stereocenters. The van der Waals surface area contributed by atoms with E-state index in [4.69, 9.17) is 33.2 Å². The summed E-state index contributed by atoms with van der Waals surface area (Å²) >= 11 is 0. The number of amides is 1. The molecule has 1 amide bonds. The number of hydrogen-bond donors (Lipinski definition) is 13. The molecule has 0 saturated carbocycles. The van der Waals surface area contributed by atoms with Crippen molar-refractivity contribution < 1.29 is 99.2 Å². The Morgan fingerprint density at radius 2 is 1.02 bits per heavy atom. The van der Waals surface area contributed by atoms with Crippen molar-refractivity contribution in [3.8, 4) is 0 Å². The summed E-state index contributed by atoms with van der Waals surface area (Å²) in [5.74, 6) is -0.759. The molecule has 20 atom stereocenters. The van der Waals surface area contributed by atoms with Gasteiger partial charge in [0.05, 0.1) is 25.9 Å². The van der Waals surface area contributed by atoms with Crippen molar-refractivity contribution in [3.05, 3.63) is 0 Å². The van der Waals surface area contributed by atoms with E-state index in [0.717, 1.165) is 6.92 Å². The molecular weight excluding hydrogens is 646 g/mol. The molecule has 4 aliphatic heterocycles. The zero-order valence-corrected chi connectivity index (χ0v) is 25.3. The van der Waals surface area contributed by atoms with E-state index in [1.54, 1.807) is 0 Å². The monoisotopic (exact) mass is 691 g/mol. The lowest BCUT2D eigenvalue weighted by molar-refractivity contribution is -0.387. The molecule has 274 valence electrons. The first-order valence-corrected chi connectivity index (χ1v) is 15.0. The van der Waals surface area contributed by atoms with Gasteiger partial charge < -0.3 is 99.8 Å². The van der Waals surface area contributed by atoms with Gasteiger partial charge in [-0.25, -0.2) is 0 Å². The van der Waals surface area contributed by atoms with E-state index in [1.165, 1.54) is 6.92 Å². The minimum Gasteiger partial charge on any atom is -0.394 e. The summed E-state index contributed by atoms with van der Waals surface area (Å²) in [6.45, 7) is -0.110. The van der Waals surface area contributed by atoms with Crippen LogP contribution in [0.3, 0.4) is 0 Å². The second kappa shape index (κ2) is 16.2. The fraction of sp³-hybridized carbons (Fsp3) is 0.962. The first-order valence-electron chi connectivity index (χ1n) is 15.0. The third-order valence-electron chi connectivity index (χ3n) is 8.57. The maximum Gasteiger partial charge on any atom is 0.217 e. The number of rotatable bonds is 10. The van der Waals surface area contributed by atoms with Gasteiger partial charge in [0, 0.05) is 6.92 Å². The number of hydrogen-bond acceptors (Lipinski definition) is 20. The lowest BCUT2D eigenvalue weighted by Gasteiger charge is -2.51. The lowest BCUT2D eigenvalue weighted by Crippen LogP contribution is -2.71. The van der Waals surface area contributed by atoms with Crippen LogP contribution in [0.1, 0.15) is 13.8 Å². The second-order valence-corrected chi connectivity index (χ2v) is 11.9. The highest BCUT2D eigenvalue weighted by atomic mass is 16.8. The Morgan fingerprint density at radius 3 is 1.60 bits per heavy atom. The molecule has 0 aromatic heterocycles. The van der Waals surface area contributed by atoms with Crippen molar-refractivity contribution in [1.82, 2.24) is 5.32 Å². The predicted molar refractivity (Wildman–Crippen MR) is 144 cm³/mol. The minimum atomic E-state index is -1.97. The van der Waals surface area contributed by atoms with Crippen LogP contribution in [0, 0.1) is 0 Å². The summed E-state index contributed by atoms with van der Waals surface area (Å²) in [5, 5.41) is 126. The Balaban J connectivity index is 1.71. The van der Waals surface area contributed by atoms with Gasteiger partial charge in [-0.3, -0.25) is 4.79 Å². The van der Waals surface area contributed by atoms with Gasteiger partial charge >= 0.3 is 0 Å². The quantitative estimate of drug-likeness (QED) is 0.101. The molecule has 4 aliphatic rings. The van der Waals surface area contributed by atoms with Crippen LogP contribution in [0.4, 0.5) is 0 Å². The van der Waals surface area contributed by atoms with Crippen molar-refractivity contribution >= 4 is 5.91 Å². The topological polar surface area (TPSA) is 336 Å². The zero-order chi connectivity index (χ0) is 34.9. The van der Waals surface area contributed by atoms with Gasteiger partial charge in [-0.05, 0) is 6.92 Å². The van der Waals surface area contributed by atoms with E-state index in [0.29, 0.717) is 0 Å². The van der Waals surface area contributed by atoms with E-state index >= 15 is 0 Å². The molecule has 4 saturated heterocycles. The maximum atomic E-state index is 12.5. The van der Waals surface area contributed by atoms with Gasteiger partial charge in [0.25, 0.3) is 0 Å². The number of nitrogens with one attached hydrogen (secondary N) is 1. The first-order chi connectivity index (χ1) is 22.1. The molecule has 0 aromatic rings. The first kappa shape index (κ1) is 38.5. The van der Waals surface area contributed by atoms with Crippen LogP contribution in [0.15, 0.2) is 0 Å². The van der Waals surface area contributed by atoms with Crippen LogP contribution in [0.25, 0.3) is 0 Å². The molecule has 21 heteroatoms. The summed E-state index contributed by atoms with van der Waals surface area (Å²) < 4.78 is 39.6. The molecule has 4 rings (SSSR count). The van der Waals surface area contributed by atoms with Gasteiger partial charge in [0.15, 0.2) is 25.2 Å². The molecule has 47 heavy (non-hydrogen) atoms. The van der Waals surface area contributed by atoms with Crippen LogP contribution in [-0.4, -0.2) is 210 Å². The summed E-state index contributed by atoms with van der Waals surface area (Å²) in [7, 11) is 0. The molecule has 0 aromatic carbocycles. The fourth-order valence-corrected chi connectivity index (χ4v) is 5.87. The van der Waals surface area contributed by atoms with Crippen molar-refractivity contribution in [3.63, 3.8) is 0 Å². The van der Waals surface area contributed by atoms with Crippen LogP contribution >= 0.6 is 0 Å². The molecule has 0 bridgehead atoms. The number of ether oxygens (including phenoxy) is 7. The number of carbonyl (C=O) groups excluding carboxylic acids is 1. The predicted octanol–water partition coefficient (Wildman–Crippen LogP) is -8.58. The van der Waals surface area contributed by atoms with Crippen molar-refractivity contribution in [2.45, 2.75) is 137 Å². The summed E-state index contributed by atoms with van der Waals surface area (Å²) in [6.07, 6.45) is -32.6. The molecule has 0 radical (unpaired) electrons. The van der Waals surface area contributed by atoms with Crippen LogP contribution < -0.4 is 5.32 Å². The third kappa shape index (κ3) is 8.04. The zero-order valence-electron chi connectivity index (χ0n) is 25.3. The number of aliphatic hydroxyl groups is 12. The highest BCUT2D eigenvalue weighted by Gasteiger charge is 2.56. The summed E-state index contributed by atoms with van der Waals surface area (Å²) in [4.78, 5) is 12.5. The van der Waals surface area contributed by atoms with E-state index in [9.17, 15) is 66.1 Å². The van der Waals surface area contributed by atoms with E-state index in [-0.39, 0.29) is 0 Å². The van der Waals surface area contributed by atoms with E-state index in [1.807, 2.05) is 0 Å². The number of aliphatic hydroxyl groups excluding tert-OH is 12. The molecule has 4 fully saturated rings. The van der Waals surface area contributed by atoms with Crippen LogP contribution in [-0.2, 0) is 38.0 Å².